The number of alkyl halides is 3. The summed E-state index contributed by atoms with van der Waals surface area (Å²) in [6, 6.07) is 0. The minimum absolute atomic E-state index is 0.0719. The van der Waals surface area contributed by atoms with Gasteiger partial charge in [0.15, 0.2) is 0 Å². The molecule has 1 rings (SSSR count). The van der Waals surface area contributed by atoms with Crippen LogP contribution >= 0.6 is 11.3 Å². The van der Waals surface area contributed by atoms with Crippen molar-refractivity contribution in [1.82, 2.24) is 9.88 Å². The third-order valence-corrected chi connectivity index (χ3v) is 2.39. The van der Waals surface area contributed by atoms with E-state index in [0.29, 0.717) is 6.42 Å². The molecular weight excluding hydrogens is 241 g/mol. The molecule has 90 valence electrons. The Morgan fingerprint density at radius 3 is 2.69 bits per heavy atom. The van der Waals surface area contributed by atoms with Crippen molar-refractivity contribution in [3.8, 4) is 0 Å². The Kier molecular flexibility index (Phi) is 4.28. The smallest absolute Gasteiger partial charge is 0.328 e. The molecule has 0 unspecified atom stereocenters. The molecule has 3 nitrogen and oxygen atoms in total. The normalized spacial score (nSPS) is 11.5. The number of nitrogens with zero attached hydrogens (tertiary/aromatic N) is 2. The van der Waals surface area contributed by atoms with Gasteiger partial charge in [-0.05, 0) is 6.42 Å². The summed E-state index contributed by atoms with van der Waals surface area (Å²) >= 11 is 1.18. The van der Waals surface area contributed by atoms with Crippen LogP contribution in [0.3, 0.4) is 0 Å². The highest BCUT2D eigenvalue weighted by Gasteiger charge is 2.33. The third kappa shape index (κ3) is 3.80. The molecule has 0 fully saturated rings. The zero-order chi connectivity index (χ0) is 12.2. The van der Waals surface area contributed by atoms with Gasteiger partial charge in [-0.1, -0.05) is 6.92 Å². The predicted molar refractivity (Wildman–Crippen MR) is 54.4 cm³/mol. The van der Waals surface area contributed by atoms with Crippen LogP contribution in [0.25, 0.3) is 0 Å². The molecule has 0 atom stereocenters. The maximum absolute atomic E-state index is 12.2. The summed E-state index contributed by atoms with van der Waals surface area (Å²) < 4.78 is 36.7. The molecule has 0 spiro atoms. The summed E-state index contributed by atoms with van der Waals surface area (Å²) in [5, 5.41) is 1.45. The number of aromatic nitrogens is 1. The van der Waals surface area contributed by atoms with E-state index in [1.54, 1.807) is 6.92 Å². The van der Waals surface area contributed by atoms with E-state index in [4.69, 9.17) is 0 Å². The SMILES string of the molecule is CCCN(CC(F)(F)F)C(=O)c1cscn1. The van der Waals surface area contributed by atoms with Crippen molar-refractivity contribution in [3.63, 3.8) is 0 Å². The first-order valence-corrected chi connectivity index (χ1v) is 5.62. The van der Waals surface area contributed by atoms with Crippen LogP contribution in [-0.2, 0) is 0 Å². The predicted octanol–water partition coefficient (Wildman–Crippen LogP) is 2.56. The fraction of sp³-hybridized carbons (Fsp3) is 0.556. The van der Waals surface area contributed by atoms with Crippen molar-refractivity contribution >= 4 is 17.2 Å². The molecule has 1 heterocycles. The lowest BCUT2D eigenvalue weighted by molar-refractivity contribution is -0.140. The topological polar surface area (TPSA) is 33.2 Å². The maximum atomic E-state index is 12.2. The molecule has 0 bridgehead atoms. The van der Waals surface area contributed by atoms with Crippen LogP contribution in [0.4, 0.5) is 13.2 Å². The van der Waals surface area contributed by atoms with E-state index >= 15 is 0 Å². The lowest BCUT2D eigenvalue weighted by atomic mass is 10.3. The van der Waals surface area contributed by atoms with Gasteiger partial charge in [-0.15, -0.1) is 11.3 Å². The number of amides is 1. The quantitative estimate of drug-likeness (QED) is 0.825. The van der Waals surface area contributed by atoms with E-state index in [1.807, 2.05) is 0 Å². The molecule has 1 aromatic heterocycles. The van der Waals surface area contributed by atoms with E-state index < -0.39 is 18.6 Å². The van der Waals surface area contributed by atoms with Gasteiger partial charge in [0.25, 0.3) is 5.91 Å². The van der Waals surface area contributed by atoms with E-state index in [-0.39, 0.29) is 12.2 Å². The molecule has 7 heteroatoms. The van der Waals surface area contributed by atoms with Gasteiger partial charge in [-0.3, -0.25) is 4.79 Å². The van der Waals surface area contributed by atoms with Crippen LogP contribution in [0.1, 0.15) is 23.8 Å². The first kappa shape index (κ1) is 13.0. The lowest BCUT2D eigenvalue weighted by Gasteiger charge is -2.22. The Labute approximate surface area is 94.9 Å². The molecule has 1 amide bonds. The van der Waals surface area contributed by atoms with Crippen molar-refractivity contribution < 1.29 is 18.0 Å². The monoisotopic (exact) mass is 252 g/mol. The van der Waals surface area contributed by atoms with E-state index in [0.717, 1.165) is 4.90 Å². The average molecular weight is 252 g/mol. The molecule has 0 saturated carbocycles. The molecule has 0 N–H and O–H groups in total. The van der Waals surface area contributed by atoms with Gasteiger partial charge in [0.2, 0.25) is 0 Å². The van der Waals surface area contributed by atoms with Gasteiger partial charge in [0.05, 0.1) is 5.51 Å². The number of carbonyl (C=O) groups is 1. The summed E-state index contributed by atoms with van der Waals surface area (Å²) in [6.07, 6.45) is -3.90. The second-order valence-corrected chi connectivity index (χ2v) is 3.93. The fourth-order valence-corrected chi connectivity index (χ4v) is 1.74. The van der Waals surface area contributed by atoms with Crippen molar-refractivity contribution in [2.75, 3.05) is 13.1 Å². The number of halogens is 3. The molecule has 0 aliphatic rings. The average Bonchev–Trinajstić information content (AvgIpc) is 2.66. The van der Waals surface area contributed by atoms with Crippen molar-refractivity contribution in [2.24, 2.45) is 0 Å². The van der Waals surface area contributed by atoms with Gasteiger partial charge in [-0.25, -0.2) is 4.98 Å². The Morgan fingerprint density at radius 1 is 1.56 bits per heavy atom. The van der Waals surface area contributed by atoms with Gasteiger partial charge >= 0.3 is 6.18 Å². The minimum Gasteiger partial charge on any atom is -0.328 e. The minimum atomic E-state index is -4.37. The maximum Gasteiger partial charge on any atom is 0.406 e. The highest BCUT2D eigenvalue weighted by molar-refractivity contribution is 7.07. The summed E-state index contributed by atoms with van der Waals surface area (Å²) in [7, 11) is 0. The molecule has 1 aromatic rings. The molecule has 0 radical (unpaired) electrons. The Morgan fingerprint density at radius 2 is 2.25 bits per heavy atom. The van der Waals surface area contributed by atoms with E-state index in [9.17, 15) is 18.0 Å². The number of thiazole rings is 1. The van der Waals surface area contributed by atoms with Crippen molar-refractivity contribution in [1.29, 1.82) is 0 Å². The number of rotatable bonds is 4. The summed E-state index contributed by atoms with van der Waals surface area (Å²) in [6.45, 7) is 0.574. The van der Waals surface area contributed by atoms with Gasteiger partial charge in [0, 0.05) is 11.9 Å². The highest BCUT2D eigenvalue weighted by atomic mass is 32.1. The summed E-state index contributed by atoms with van der Waals surface area (Å²) in [4.78, 5) is 16.1. The standard InChI is InChI=1S/C9H11F3N2OS/c1-2-3-14(5-9(10,11)12)8(15)7-4-16-6-13-7/h4,6H,2-3,5H2,1H3. The second kappa shape index (κ2) is 5.29. The lowest BCUT2D eigenvalue weighted by Crippen LogP contribution is -2.39. The zero-order valence-electron chi connectivity index (χ0n) is 8.62. The van der Waals surface area contributed by atoms with Crippen molar-refractivity contribution in [2.45, 2.75) is 19.5 Å². The molecular formula is C9H11F3N2OS. The molecule has 0 aliphatic carbocycles. The van der Waals surface area contributed by atoms with Crippen LogP contribution < -0.4 is 0 Å². The molecule has 0 saturated heterocycles. The van der Waals surface area contributed by atoms with Gasteiger partial charge < -0.3 is 4.90 Å². The van der Waals surface area contributed by atoms with Crippen LogP contribution in [0.5, 0.6) is 0 Å². The summed E-state index contributed by atoms with van der Waals surface area (Å²) in [5.74, 6) is -0.666. The summed E-state index contributed by atoms with van der Waals surface area (Å²) in [5.41, 5.74) is 1.49. The van der Waals surface area contributed by atoms with Gasteiger partial charge in [-0.2, -0.15) is 13.2 Å². The fourth-order valence-electron chi connectivity index (χ4n) is 1.22. The van der Waals surface area contributed by atoms with Crippen LogP contribution in [-0.4, -0.2) is 35.1 Å². The second-order valence-electron chi connectivity index (χ2n) is 3.22. The molecule has 0 aliphatic heterocycles. The zero-order valence-corrected chi connectivity index (χ0v) is 9.44. The first-order chi connectivity index (χ1) is 7.44. The van der Waals surface area contributed by atoms with Gasteiger partial charge in [0.1, 0.15) is 12.2 Å². The molecule has 0 aromatic carbocycles. The number of hydrogen-bond donors (Lipinski definition) is 0. The highest BCUT2D eigenvalue weighted by Crippen LogP contribution is 2.18. The Hall–Kier alpha value is -1.11. The number of carbonyl (C=O) groups excluding carboxylic acids is 1. The molecule has 16 heavy (non-hydrogen) atoms. The van der Waals surface area contributed by atoms with E-state index in [1.165, 1.54) is 22.2 Å². The van der Waals surface area contributed by atoms with Crippen LogP contribution in [0.15, 0.2) is 10.9 Å². The van der Waals surface area contributed by atoms with Crippen LogP contribution in [0, 0.1) is 0 Å². The Bertz CT molecular complexity index is 337. The third-order valence-electron chi connectivity index (χ3n) is 1.80. The number of hydrogen-bond acceptors (Lipinski definition) is 3. The van der Waals surface area contributed by atoms with E-state index in [2.05, 4.69) is 4.98 Å². The van der Waals surface area contributed by atoms with Crippen molar-refractivity contribution in [3.05, 3.63) is 16.6 Å². The largest absolute Gasteiger partial charge is 0.406 e. The Balaban J connectivity index is 2.74. The van der Waals surface area contributed by atoms with Crippen LogP contribution in [0.2, 0.25) is 0 Å². The first-order valence-electron chi connectivity index (χ1n) is 4.68.